The Morgan fingerprint density at radius 3 is 2.36 bits per heavy atom. The van der Waals surface area contributed by atoms with Crippen molar-refractivity contribution < 1.29 is 4.79 Å². The molecule has 5 heteroatoms. The second kappa shape index (κ2) is 7.66. The highest BCUT2D eigenvalue weighted by Crippen LogP contribution is 2.23. The maximum atomic E-state index is 12.6. The van der Waals surface area contributed by atoms with Gasteiger partial charge in [-0.1, -0.05) is 26.0 Å². The van der Waals surface area contributed by atoms with E-state index in [2.05, 4.69) is 10.3 Å². The van der Waals surface area contributed by atoms with Gasteiger partial charge >= 0.3 is 0 Å². The van der Waals surface area contributed by atoms with E-state index in [-0.39, 0.29) is 11.8 Å². The molecule has 0 aliphatic heterocycles. The minimum absolute atomic E-state index is 0.152. The number of nitrogens with zero attached hydrogens (tertiary/aromatic N) is 2. The molecule has 1 amide bonds. The van der Waals surface area contributed by atoms with E-state index in [1.165, 1.54) is 0 Å². The van der Waals surface area contributed by atoms with Crippen molar-refractivity contribution in [1.82, 2.24) is 10.3 Å². The van der Waals surface area contributed by atoms with E-state index in [0.717, 1.165) is 16.8 Å². The molecule has 2 aromatic rings. The van der Waals surface area contributed by atoms with Gasteiger partial charge in [0.1, 0.15) is 0 Å². The topological polar surface area (TPSA) is 71.2 Å². The summed E-state index contributed by atoms with van der Waals surface area (Å²) in [5.74, 6) is 0.0806. The maximum absolute atomic E-state index is 12.6. The molecule has 1 aromatic carbocycles. The van der Waals surface area contributed by atoms with E-state index in [1.807, 2.05) is 70.1 Å². The smallest absolute Gasteiger partial charge is 0.253 e. The fourth-order valence-electron chi connectivity index (χ4n) is 2.44. The Morgan fingerprint density at radius 2 is 1.84 bits per heavy atom. The van der Waals surface area contributed by atoms with Gasteiger partial charge in [-0.2, -0.15) is 0 Å². The van der Waals surface area contributed by atoms with Crippen LogP contribution in [0.1, 0.15) is 31.1 Å². The fraction of sp³-hybridized carbons (Fsp3) is 0.400. The zero-order valence-electron chi connectivity index (χ0n) is 15.7. The van der Waals surface area contributed by atoms with Crippen molar-refractivity contribution in [1.29, 1.82) is 0 Å². The Hall–Kier alpha value is -2.40. The predicted molar refractivity (Wildman–Crippen MR) is 104 cm³/mol. The Labute approximate surface area is 150 Å². The molecule has 0 bridgehead atoms. The van der Waals surface area contributed by atoms with Crippen molar-refractivity contribution >= 4 is 11.6 Å². The average Bonchev–Trinajstić information content (AvgIpc) is 2.61. The number of carbonyl (C=O) groups is 1. The molecule has 5 nitrogen and oxygen atoms in total. The number of benzene rings is 1. The van der Waals surface area contributed by atoms with Crippen LogP contribution in [0.3, 0.4) is 0 Å². The summed E-state index contributed by atoms with van der Waals surface area (Å²) in [4.78, 5) is 18.9. The van der Waals surface area contributed by atoms with Gasteiger partial charge in [-0.3, -0.25) is 9.78 Å². The van der Waals surface area contributed by atoms with Crippen LogP contribution in [-0.4, -0.2) is 37.1 Å². The first-order valence-corrected chi connectivity index (χ1v) is 8.52. The molecule has 0 aliphatic rings. The number of anilines is 1. The summed E-state index contributed by atoms with van der Waals surface area (Å²) in [5.41, 5.74) is 9.02. The Kier molecular flexibility index (Phi) is 5.80. The van der Waals surface area contributed by atoms with E-state index >= 15 is 0 Å². The molecule has 1 heterocycles. The monoisotopic (exact) mass is 340 g/mol. The van der Waals surface area contributed by atoms with Crippen molar-refractivity contribution in [2.75, 3.05) is 25.5 Å². The first kappa shape index (κ1) is 18.9. The number of nitrogens with one attached hydrogen (secondary N) is 1. The number of hydrogen-bond acceptors (Lipinski definition) is 4. The molecule has 2 rings (SSSR count). The predicted octanol–water partition coefficient (Wildman–Crippen LogP) is 2.92. The highest BCUT2D eigenvalue weighted by molar-refractivity contribution is 5.95. The molecule has 134 valence electrons. The third-order valence-corrected chi connectivity index (χ3v) is 4.81. The maximum Gasteiger partial charge on any atom is 0.253 e. The molecule has 0 fully saturated rings. The van der Waals surface area contributed by atoms with Gasteiger partial charge in [0.05, 0.1) is 11.1 Å². The van der Waals surface area contributed by atoms with Crippen molar-refractivity contribution in [3.05, 3.63) is 48.3 Å². The lowest BCUT2D eigenvalue weighted by Gasteiger charge is -2.33. The van der Waals surface area contributed by atoms with Crippen molar-refractivity contribution in [3.63, 3.8) is 0 Å². The third kappa shape index (κ3) is 4.37. The van der Waals surface area contributed by atoms with Gasteiger partial charge in [0.15, 0.2) is 0 Å². The summed E-state index contributed by atoms with van der Waals surface area (Å²) in [5, 5.41) is 3.05. The summed E-state index contributed by atoms with van der Waals surface area (Å²) >= 11 is 0. The Bertz CT molecular complexity index is 725. The molecule has 1 atom stereocenters. The number of nitrogens with two attached hydrogens (primary N) is 1. The molecule has 0 radical (unpaired) electrons. The number of pyridine rings is 1. The highest BCUT2D eigenvalue weighted by atomic mass is 16.1. The third-order valence-electron chi connectivity index (χ3n) is 4.81. The van der Waals surface area contributed by atoms with E-state index < -0.39 is 5.54 Å². The van der Waals surface area contributed by atoms with Gasteiger partial charge in [-0.15, -0.1) is 0 Å². The van der Waals surface area contributed by atoms with Crippen LogP contribution in [0.2, 0.25) is 0 Å². The van der Waals surface area contributed by atoms with Gasteiger partial charge in [0, 0.05) is 44.3 Å². The van der Waals surface area contributed by atoms with Crippen LogP contribution >= 0.6 is 0 Å². The summed E-state index contributed by atoms with van der Waals surface area (Å²) in [6, 6.07) is 10.0. The first-order chi connectivity index (χ1) is 11.8. The lowest BCUT2D eigenvalue weighted by Crippen LogP contribution is -2.55. The summed E-state index contributed by atoms with van der Waals surface area (Å²) in [6.45, 7) is 6.45. The average molecular weight is 340 g/mol. The zero-order valence-corrected chi connectivity index (χ0v) is 15.7. The molecule has 3 N–H and O–H groups in total. The standard InChI is InChI=1S/C20H28N4O/c1-14(2)20(3,13-21)23-19(25)17-10-16(11-22-12-17)15-6-8-18(9-7-15)24(4)5/h6-12,14H,13,21H2,1-5H3,(H,23,25). The minimum atomic E-state index is -0.444. The zero-order chi connectivity index (χ0) is 18.6. The molecule has 0 saturated heterocycles. The molecule has 1 unspecified atom stereocenters. The van der Waals surface area contributed by atoms with Crippen molar-refractivity contribution in [2.45, 2.75) is 26.3 Å². The Morgan fingerprint density at radius 1 is 1.20 bits per heavy atom. The van der Waals surface area contributed by atoms with Gasteiger partial charge in [-0.25, -0.2) is 0 Å². The normalized spacial score (nSPS) is 13.4. The Balaban J connectivity index is 2.25. The molecule has 0 aliphatic carbocycles. The van der Waals surface area contributed by atoms with E-state index in [9.17, 15) is 4.79 Å². The molecule has 0 saturated carbocycles. The second-order valence-electron chi connectivity index (χ2n) is 7.13. The van der Waals surface area contributed by atoms with E-state index in [4.69, 9.17) is 5.73 Å². The van der Waals surface area contributed by atoms with Gasteiger partial charge in [-0.05, 0) is 36.6 Å². The number of amides is 1. The van der Waals surface area contributed by atoms with Crippen LogP contribution in [0, 0.1) is 5.92 Å². The number of aromatic nitrogens is 1. The minimum Gasteiger partial charge on any atom is -0.378 e. The van der Waals surface area contributed by atoms with Crippen molar-refractivity contribution in [3.8, 4) is 11.1 Å². The van der Waals surface area contributed by atoms with Crippen LogP contribution in [-0.2, 0) is 0 Å². The van der Waals surface area contributed by atoms with Crippen molar-refractivity contribution in [2.24, 2.45) is 11.7 Å². The number of hydrogen-bond donors (Lipinski definition) is 2. The SMILES string of the molecule is CC(C)C(C)(CN)NC(=O)c1cncc(-c2ccc(N(C)C)cc2)c1. The van der Waals surface area contributed by atoms with Crippen LogP contribution in [0.15, 0.2) is 42.7 Å². The molecular formula is C20H28N4O. The molecule has 0 spiro atoms. The number of carbonyl (C=O) groups excluding carboxylic acids is 1. The lowest BCUT2D eigenvalue weighted by molar-refractivity contribution is 0.0883. The van der Waals surface area contributed by atoms with Gasteiger partial charge < -0.3 is 16.0 Å². The van der Waals surface area contributed by atoms with Crippen LogP contribution < -0.4 is 16.0 Å². The highest BCUT2D eigenvalue weighted by Gasteiger charge is 2.29. The quantitative estimate of drug-likeness (QED) is 0.848. The first-order valence-electron chi connectivity index (χ1n) is 8.52. The van der Waals surface area contributed by atoms with Crippen LogP contribution in [0.5, 0.6) is 0 Å². The second-order valence-corrected chi connectivity index (χ2v) is 7.13. The van der Waals surface area contributed by atoms with E-state index in [1.54, 1.807) is 12.4 Å². The summed E-state index contributed by atoms with van der Waals surface area (Å²) < 4.78 is 0. The van der Waals surface area contributed by atoms with Crippen LogP contribution in [0.25, 0.3) is 11.1 Å². The fourth-order valence-corrected chi connectivity index (χ4v) is 2.44. The lowest BCUT2D eigenvalue weighted by atomic mass is 9.88. The molecular weight excluding hydrogens is 312 g/mol. The van der Waals surface area contributed by atoms with Gasteiger partial charge in [0.25, 0.3) is 5.91 Å². The van der Waals surface area contributed by atoms with Crippen LogP contribution in [0.4, 0.5) is 5.69 Å². The summed E-state index contributed by atoms with van der Waals surface area (Å²) in [7, 11) is 4.01. The van der Waals surface area contributed by atoms with Gasteiger partial charge in [0.2, 0.25) is 0 Å². The number of rotatable bonds is 6. The van der Waals surface area contributed by atoms with E-state index in [0.29, 0.717) is 12.1 Å². The molecule has 25 heavy (non-hydrogen) atoms. The molecule has 1 aromatic heterocycles. The summed E-state index contributed by atoms with van der Waals surface area (Å²) in [6.07, 6.45) is 3.36. The largest absolute Gasteiger partial charge is 0.378 e.